The summed E-state index contributed by atoms with van der Waals surface area (Å²) < 4.78 is 42.5. The molecule has 0 fully saturated rings. The maximum atomic E-state index is 15.3. The van der Waals surface area contributed by atoms with Crippen molar-refractivity contribution in [1.29, 1.82) is 0 Å². The number of hydrogen-bond acceptors (Lipinski definition) is 4. The molecule has 2 aromatic rings. The summed E-state index contributed by atoms with van der Waals surface area (Å²) >= 11 is 3.36. The second-order valence-corrected chi connectivity index (χ2v) is 7.44. The molecule has 2 heterocycles. The maximum absolute atomic E-state index is 15.3. The Kier molecular flexibility index (Phi) is 4.23. The fraction of sp³-hybridized carbons (Fsp3) is 0.316. The normalized spacial score (nSPS) is 27.2. The Morgan fingerprint density at radius 1 is 1.15 bits per heavy atom. The lowest BCUT2D eigenvalue weighted by Gasteiger charge is -2.43. The summed E-state index contributed by atoms with van der Waals surface area (Å²) in [6.07, 6.45) is -0.595. The predicted octanol–water partition coefficient (Wildman–Crippen LogP) is 4.19. The van der Waals surface area contributed by atoms with Crippen LogP contribution in [0, 0.1) is 0 Å². The van der Waals surface area contributed by atoms with Crippen molar-refractivity contribution in [2.75, 3.05) is 13.2 Å². The summed E-state index contributed by atoms with van der Waals surface area (Å²) in [5, 5.41) is 0. The monoisotopic (exact) mass is 422 g/mol. The van der Waals surface area contributed by atoms with Crippen molar-refractivity contribution in [1.82, 2.24) is 0 Å². The van der Waals surface area contributed by atoms with Gasteiger partial charge in [-0.05, 0) is 23.8 Å². The molecule has 2 N–H and O–H groups in total. The molecule has 2 aliphatic heterocycles. The minimum absolute atomic E-state index is 0.0302. The van der Waals surface area contributed by atoms with Gasteiger partial charge in [0.05, 0.1) is 0 Å². The number of amidine groups is 1. The van der Waals surface area contributed by atoms with Crippen LogP contribution in [0.25, 0.3) is 0 Å². The maximum Gasteiger partial charge on any atom is 0.299 e. The van der Waals surface area contributed by atoms with Gasteiger partial charge in [-0.15, -0.1) is 0 Å². The molecule has 0 saturated carbocycles. The average Bonchev–Trinajstić information content (AvgIpc) is 2.72. The highest BCUT2D eigenvalue weighted by Crippen LogP contribution is 2.55. The van der Waals surface area contributed by atoms with E-state index in [9.17, 15) is 0 Å². The smallest absolute Gasteiger partial charge is 0.299 e. The average molecular weight is 423 g/mol. The molecule has 2 aromatic carbocycles. The van der Waals surface area contributed by atoms with E-state index in [1.807, 2.05) is 30.3 Å². The molecule has 0 radical (unpaired) electrons. The van der Waals surface area contributed by atoms with Crippen LogP contribution in [0.4, 0.5) is 8.78 Å². The van der Waals surface area contributed by atoms with Gasteiger partial charge in [0.25, 0.3) is 5.92 Å². The van der Waals surface area contributed by atoms with E-state index in [1.54, 1.807) is 18.2 Å². The zero-order chi connectivity index (χ0) is 18.4. The first-order valence-corrected chi connectivity index (χ1v) is 9.02. The summed E-state index contributed by atoms with van der Waals surface area (Å²) in [5.74, 6) is -2.80. The third-order valence-corrected chi connectivity index (χ3v) is 5.27. The molecule has 2 unspecified atom stereocenters. The molecular weight excluding hydrogens is 406 g/mol. The molecule has 136 valence electrons. The topological polar surface area (TPSA) is 56.8 Å². The second-order valence-electron chi connectivity index (χ2n) is 6.52. The van der Waals surface area contributed by atoms with Crippen molar-refractivity contribution >= 4 is 21.8 Å². The number of aliphatic imine (C=N–C) groups is 1. The van der Waals surface area contributed by atoms with E-state index in [-0.39, 0.29) is 18.9 Å². The van der Waals surface area contributed by atoms with Crippen molar-refractivity contribution < 1.29 is 18.3 Å². The Labute approximate surface area is 158 Å². The number of hydrogen-bond donors (Lipinski definition) is 1. The number of fused-ring (bicyclic) bond motifs is 2. The molecule has 26 heavy (non-hydrogen) atoms. The van der Waals surface area contributed by atoms with Crippen LogP contribution in [0.5, 0.6) is 5.75 Å². The van der Waals surface area contributed by atoms with Crippen LogP contribution in [0.15, 0.2) is 58.0 Å². The van der Waals surface area contributed by atoms with Crippen molar-refractivity contribution in [3.8, 4) is 5.75 Å². The van der Waals surface area contributed by atoms with Gasteiger partial charge in [-0.2, -0.15) is 0 Å². The van der Waals surface area contributed by atoms with Gasteiger partial charge < -0.3 is 15.2 Å². The van der Waals surface area contributed by atoms with Gasteiger partial charge in [-0.3, -0.25) is 4.99 Å². The molecule has 0 aliphatic carbocycles. The van der Waals surface area contributed by atoms with Gasteiger partial charge in [0, 0.05) is 16.5 Å². The molecule has 0 aromatic heterocycles. The van der Waals surface area contributed by atoms with Crippen molar-refractivity contribution in [3.05, 3.63) is 64.1 Å². The number of nitrogens with two attached hydrogens (primary N) is 1. The molecule has 1 spiro atoms. The van der Waals surface area contributed by atoms with Gasteiger partial charge in [0.2, 0.25) is 0 Å². The molecule has 4 rings (SSSR count). The zero-order valence-electron chi connectivity index (χ0n) is 13.8. The van der Waals surface area contributed by atoms with Crippen LogP contribution >= 0.6 is 15.9 Å². The van der Waals surface area contributed by atoms with E-state index in [0.29, 0.717) is 15.8 Å². The largest absolute Gasteiger partial charge is 0.485 e. The molecule has 4 nitrogen and oxygen atoms in total. The van der Waals surface area contributed by atoms with E-state index in [0.717, 1.165) is 5.56 Å². The number of rotatable bonds is 1. The van der Waals surface area contributed by atoms with Crippen LogP contribution in [0.3, 0.4) is 0 Å². The van der Waals surface area contributed by atoms with Gasteiger partial charge in [-0.25, -0.2) is 8.78 Å². The standard InChI is InChI=1S/C19H17BrF2N2O2/c20-13-6-7-15-14(8-13)18(19(21,22)11-25-10-17(23)24-18)9-16(26-15)12-4-2-1-3-5-12/h1-8,16H,9-11H2,(H2,23,24). The highest BCUT2D eigenvalue weighted by atomic mass is 79.9. The van der Waals surface area contributed by atoms with E-state index in [4.69, 9.17) is 15.2 Å². The predicted molar refractivity (Wildman–Crippen MR) is 97.6 cm³/mol. The van der Waals surface area contributed by atoms with Crippen LogP contribution < -0.4 is 10.5 Å². The quantitative estimate of drug-likeness (QED) is 0.749. The van der Waals surface area contributed by atoms with Gasteiger partial charge in [0.1, 0.15) is 30.9 Å². The van der Waals surface area contributed by atoms with E-state index >= 15 is 8.78 Å². The van der Waals surface area contributed by atoms with E-state index < -0.39 is 24.2 Å². The zero-order valence-corrected chi connectivity index (χ0v) is 15.4. The molecule has 0 amide bonds. The number of nitrogens with zero attached hydrogens (tertiary/aromatic N) is 1. The van der Waals surface area contributed by atoms with Gasteiger partial charge in [-0.1, -0.05) is 46.3 Å². The first-order chi connectivity index (χ1) is 12.4. The van der Waals surface area contributed by atoms with Crippen LogP contribution in [0.2, 0.25) is 0 Å². The van der Waals surface area contributed by atoms with Crippen molar-refractivity contribution in [3.63, 3.8) is 0 Å². The van der Waals surface area contributed by atoms with Gasteiger partial charge in [0.15, 0.2) is 5.54 Å². The first-order valence-electron chi connectivity index (χ1n) is 8.23. The third kappa shape index (κ3) is 2.79. The summed E-state index contributed by atoms with van der Waals surface area (Å²) in [6.45, 7) is -0.859. The lowest BCUT2D eigenvalue weighted by atomic mass is 9.76. The molecular formula is C19H17BrF2N2O2. The van der Waals surface area contributed by atoms with Gasteiger partial charge >= 0.3 is 0 Å². The molecule has 0 bridgehead atoms. The molecule has 7 heteroatoms. The SMILES string of the molecule is NC1=NC2(CC(c3ccccc3)Oc3ccc(Br)cc32)C(F)(F)COC1. The minimum atomic E-state index is -3.24. The van der Waals surface area contributed by atoms with Crippen LogP contribution in [0.1, 0.15) is 23.7 Å². The Morgan fingerprint density at radius 3 is 2.69 bits per heavy atom. The Morgan fingerprint density at radius 2 is 1.92 bits per heavy atom. The third-order valence-electron chi connectivity index (χ3n) is 4.78. The van der Waals surface area contributed by atoms with Crippen molar-refractivity contribution in [2.45, 2.75) is 24.0 Å². The second kappa shape index (κ2) is 6.32. The number of halogens is 3. The van der Waals surface area contributed by atoms with Crippen LogP contribution in [-0.2, 0) is 10.3 Å². The van der Waals surface area contributed by atoms with E-state index in [2.05, 4.69) is 20.9 Å². The molecule has 0 saturated heterocycles. The fourth-order valence-corrected chi connectivity index (χ4v) is 3.93. The summed E-state index contributed by atoms with van der Waals surface area (Å²) in [5.41, 5.74) is 5.17. The first kappa shape index (κ1) is 17.4. The minimum Gasteiger partial charge on any atom is -0.485 e. The summed E-state index contributed by atoms with van der Waals surface area (Å²) in [4.78, 5) is 4.30. The number of benzene rings is 2. The highest BCUT2D eigenvalue weighted by Gasteiger charge is 2.60. The Bertz CT molecular complexity index is 860. The molecule has 2 aliphatic rings. The summed E-state index contributed by atoms with van der Waals surface area (Å²) in [6, 6.07) is 14.4. The Balaban J connectivity index is 1.94. The molecule has 2 atom stereocenters. The summed E-state index contributed by atoms with van der Waals surface area (Å²) in [7, 11) is 0. The lowest BCUT2D eigenvalue weighted by molar-refractivity contribution is -0.136. The fourth-order valence-electron chi connectivity index (χ4n) is 3.57. The van der Waals surface area contributed by atoms with Crippen LogP contribution in [-0.4, -0.2) is 25.0 Å². The van der Waals surface area contributed by atoms with E-state index in [1.165, 1.54) is 0 Å². The number of ether oxygens (including phenoxy) is 2. The van der Waals surface area contributed by atoms with Crippen molar-refractivity contribution in [2.24, 2.45) is 10.7 Å². The lowest BCUT2D eigenvalue weighted by Crippen LogP contribution is -2.50. The Hall–Kier alpha value is -1.99. The number of alkyl halides is 2. The highest BCUT2D eigenvalue weighted by molar-refractivity contribution is 9.10.